The molecule has 0 unspecified atom stereocenters. The monoisotopic (exact) mass is 415 g/mol. The van der Waals surface area contributed by atoms with Gasteiger partial charge in [0, 0.05) is 11.1 Å². The molecule has 2 aromatic carbocycles. The average Bonchev–Trinajstić information content (AvgIpc) is 2.83. The van der Waals surface area contributed by atoms with Crippen molar-refractivity contribution < 1.29 is 22.9 Å². The van der Waals surface area contributed by atoms with Crippen molar-refractivity contribution in [1.82, 2.24) is 5.32 Å². The molecule has 0 atom stereocenters. The van der Waals surface area contributed by atoms with E-state index >= 15 is 0 Å². The number of hydrogen-bond acceptors (Lipinski definition) is 3. The molecule has 7 heteroatoms. The van der Waals surface area contributed by atoms with Crippen molar-refractivity contribution in [2.24, 2.45) is 0 Å². The second kappa shape index (κ2) is 7.47. The Hall–Kier alpha value is -2.25. The quantitative estimate of drug-likeness (QED) is 0.754. The van der Waals surface area contributed by atoms with Crippen LogP contribution >= 0.6 is 0 Å². The number of nitrogens with one attached hydrogen (secondary N) is 1. The molecule has 1 fully saturated rings. The SMILES string of the molecule is CC(C)(C)NC(=O)c1cc(B2OC(C)(C)C(C)(C)O2)cc(-c2ccc(F)c(F)c2)c1. The van der Waals surface area contributed by atoms with E-state index in [9.17, 15) is 13.6 Å². The van der Waals surface area contributed by atoms with Crippen LogP contribution in [0.1, 0.15) is 58.8 Å². The third-order valence-corrected chi connectivity index (χ3v) is 5.48. The highest BCUT2D eigenvalue weighted by molar-refractivity contribution is 6.62. The van der Waals surface area contributed by atoms with Gasteiger partial charge in [0.05, 0.1) is 11.2 Å². The van der Waals surface area contributed by atoms with Crippen molar-refractivity contribution in [3.63, 3.8) is 0 Å². The van der Waals surface area contributed by atoms with Crippen LogP contribution in [0.5, 0.6) is 0 Å². The lowest BCUT2D eigenvalue weighted by molar-refractivity contribution is 0.00578. The van der Waals surface area contributed by atoms with Gasteiger partial charge in [-0.05, 0) is 89.3 Å². The summed E-state index contributed by atoms with van der Waals surface area (Å²) in [5.41, 5.74) is 0.510. The fraction of sp³-hybridized carbons (Fsp3) is 0.435. The van der Waals surface area contributed by atoms with Crippen LogP contribution in [0.2, 0.25) is 0 Å². The van der Waals surface area contributed by atoms with E-state index in [1.807, 2.05) is 48.5 Å². The van der Waals surface area contributed by atoms with Gasteiger partial charge >= 0.3 is 7.12 Å². The van der Waals surface area contributed by atoms with Crippen molar-refractivity contribution in [1.29, 1.82) is 0 Å². The standard InChI is InChI=1S/C23H28BF2NO3/c1-21(2,3)27-20(28)16-10-15(14-8-9-18(25)19(26)13-14)11-17(12-16)24-29-22(4,5)23(6,7)30-24/h8-13H,1-7H3,(H,27,28). The van der Waals surface area contributed by atoms with Crippen molar-refractivity contribution in [3.05, 3.63) is 53.6 Å². The summed E-state index contributed by atoms with van der Waals surface area (Å²) >= 11 is 0. The lowest BCUT2D eigenvalue weighted by Crippen LogP contribution is -2.41. The highest BCUT2D eigenvalue weighted by Crippen LogP contribution is 2.37. The first-order valence-electron chi connectivity index (χ1n) is 9.97. The van der Waals surface area contributed by atoms with Gasteiger partial charge in [0.2, 0.25) is 0 Å². The minimum Gasteiger partial charge on any atom is -0.399 e. The van der Waals surface area contributed by atoms with Crippen molar-refractivity contribution in [3.8, 4) is 11.1 Å². The van der Waals surface area contributed by atoms with Crippen LogP contribution in [0.25, 0.3) is 11.1 Å². The molecule has 1 heterocycles. The summed E-state index contributed by atoms with van der Waals surface area (Å²) in [6.07, 6.45) is 0. The van der Waals surface area contributed by atoms with Crippen LogP contribution < -0.4 is 10.8 Å². The number of benzene rings is 2. The van der Waals surface area contributed by atoms with Crippen LogP contribution in [0.15, 0.2) is 36.4 Å². The molecule has 1 saturated heterocycles. The molecule has 3 rings (SSSR count). The highest BCUT2D eigenvalue weighted by atomic mass is 19.2. The van der Waals surface area contributed by atoms with E-state index in [1.54, 1.807) is 18.2 Å². The number of carbonyl (C=O) groups excluding carboxylic acids is 1. The molecule has 1 aliphatic heterocycles. The molecule has 2 aromatic rings. The van der Waals surface area contributed by atoms with Gasteiger partial charge in [-0.25, -0.2) is 8.78 Å². The largest absolute Gasteiger partial charge is 0.494 e. The zero-order valence-electron chi connectivity index (χ0n) is 18.5. The predicted molar refractivity (Wildman–Crippen MR) is 115 cm³/mol. The summed E-state index contributed by atoms with van der Waals surface area (Å²) in [5.74, 6) is -2.15. The molecule has 0 aliphatic carbocycles. The van der Waals surface area contributed by atoms with Crippen LogP contribution in [0.3, 0.4) is 0 Å². The zero-order chi connectivity index (χ0) is 22.5. The zero-order valence-corrected chi connectivity index (χ0v) is 18.5. The van der Waals surface area contributed by atoms with E-state index in [4.69, 9.17) is 9.31 Å². The first-order valence-corrected chi connectivity index (χ1v) is 9.97. The number of halogens is 2. The van der Waals surface area contributed by atoms with Crippen LogP contribution in [0.4, 0.5) is 8.78 Å². The molecule has 1 N–H and O–H groups in total. The summed E-state index contributed by atoms with van der Waals surface area (Å²) in [6, 6.07) is 8.82. The summed E-state index contributed by atoms with van der Waals surface area (Å²) in [7, 11) is -0.693. The van der Waals surface area contributed by atoms with Crippen LogP contribution in [0, 0.1) is 11.6 Å². The van der Waals surface area contributed by atoms with Gasteiger partial charge in [0.25, 0.3) is 5.91 Å². The van der Waals surface area contributed by atoms with Crippen molar-refractivity contribution in [2.45, 2.75) is 65.2 Å². The van der Waals surface area contributed by atoms with Crippen molar-refractivity contribution >= 4 is 18.5 Å². The second-order valence-electron chi connectivity index (χ2n) is 9.76. The summed E-state index contributed by atoms with van der Waals surface area (Å²) in [6.45, 7) is 13.4. The molecule has 1 aliphatic rings. The maximum Gasteiger partial charge on any atom is 0.494 e. The maximum atomic E-state index is 13.8. The van der Waals surface area contributed by atoms with Gasteiger partial charge in [-0.1, -0.05) is 12.1 Å². The molecule has 1 amide bonds. The average molecular weight is 415 g/mol. The Kier molecular flexibility index (Phi) is 5.58. The molecular weight excluding hydrogens is 387 g/mol. The molecule has 0 aromatic heterocycles. The Bertz CT molecular complexity index is 967. The van der Waals surface area contributed by atoms with Crippen LogP contribution in [-0.4, -0.2) is 29.8 Å². The van der Waals surface area contributed by atoms with Gasteiger partial charge in [-0.3, -0.25) is 4.79 Å². The van der Waals surface area contributed by atoms with Gasteiger partial charge < -0.3 is 14.6 Å². The smallest absolute Gasteiger partial charge is 0.399 e. The fourth-order valence-electron chi connectivity index (χ4n) is 3.15. The minimum atomic E-state index is -0.950. The van der Waals surface area contributed by atoms with Gasteiger partial charge in [0.15, 0.2) is 11.6 Å². The molecule has 0 saturated carbocycles. The molecule has 4 nitrogen and oxygen atoms in total. The van der Waals surface area contributed by atoms with Gasteiger partial charge in [-0.2, -0.15) is 0 Å². The Labute approximate surface area is 177 Å². The van der Waals surface area contributed by atoms with E-state index in [-0.39, 0.29) is 5.91 Å². The Morgan fingerprint density at radius 1 is 0.900 bits per heavy atom. The van der Waals surface area contributed by atoms with E-state index in [0.717, 1.165) is 12.1 Å². The van der Waals surface area contributed by atoms with E-state index in [1.165, 1.54) is 6.07 Å². The number of hydrogen-bond donors (Lipinski definition) is 1. The molecule has 30 heavy (non-hydrogen) atoms. The van der Waals surface area contributed by atoms with Crippen molar-refractivity contribution in [2.75, 3.05) is 0 Å². The number of rotatable bonds is 3. The minimum absolute atomic E-state index is 0.273. The molecular formula is C23H28BF2NO3. The molecule has 0 bridgehead atoms. The normalized spacial score (nSPS) is 17.8. The fourth-order valence-corrected chi connectivity index (χ4v) is 3.15. The second-order valence-corrected chi connectivity index (χ2v) is 9.76. The lowest BCUT2D eigenvalue weighted by atomic mass is 9.76. The molecule has 0 radical (unpaired) electrons. The van der Waals surface area contributed by atoms with Gasteiger partial charge in [0.1, 0.15) is 0 Å². The van der Waals surface area contributed by atoms with Gasteiger partial charge in [-0.15, -0.1) is 0 Å². The van der Waals surface area contributed by atoms with E-state index in [2.05, 4.69) is 5.32 Å². The topological polar surface area (TPSA) is 47.6 Å². The maximum absolute atomic E-state index is 13.8. The Balaban J connectivity index is 2.09. The molecule has 160 valence electrons. The van der Waals surface area contributed by atoms with Crippen LogP contribution in [-0.2, 0) is 9.31 Å². The summed E-state index contributed by atoms with van der Waals surface area (Å²) in [4.78, 5) is 12.9. The third-order valence-electron chi connectivity index (χ3n) is 5.48. The summed E-state index contributed by atoms with van der Waals surface area (Å²) in [5, 5.41) is 2.93. The molecule has 0 spiro atoms. The van der Waals surface area contributed by atoms with E-state index in [0.29, 0.717) is 22.2 Å². The first-order chi connectivity index (χ1) is 13.7. The predicted octanol–water partition coefficient (Wildman–Crippen LogP) is 4.46. The Morgan fingerprint density at radius 2 is 1.50 bits per heavy atom. The Morgan fingerprint density at radius 3 is 2.03 bits per heavy atom. The number of carbonyl (C=O) groups is 1. The highest BCUT2D eigenvalue weighted by Gasteiger charge is 2.51. The first kappa shape index (κ1) is 22.4. The third kappa shape index (κ3) is 4.57. The summed E-state index contributed by atoms with van der Waals surface area (Å²) < 4.78 is 39.5. The van der Waals surface area contributed by atoms with E-state index < -0.39 is 35.5 Å². The lowest BCUT2D eigenvalue weighted by Gasteiger charge is -2.32. The number of amides is 1.